The second-order valence-corrected chi connectivity index (χ2v) is 14.2. The van der Waals surface area contributed by atoms with Gasteiger partial charge in [0.2, 0.25) is 5.91 Å². The Morgan fingerprint density at radius 1 is 0.939 bits per heavy atom. The molecule has 4 amide bonds. The van der Waals surface area contributed by atoms with Crippen LogP contribution in [0.5, 0.6) is 0 Å². The molecule has 11 nitrogen and oxygen atoms in total. The number of hydrogen-bond acceptors (Lipinski definition) is 8. The molecule has 270 valence electrons. The highest BCUT2D eigenvalue weighted by atomic mass is 19.4. The molecule has 0 aromatic heterocycles. The summed E-state index contributed by atoms with van der Waals surface area (Å²) >= 11 is 0. The first kappa shape index (κ1) is 37.0. The molecule has 0 unspecified atom stereocenters. The number of carbonyl (C=O) groups is 3. The van der Waals surface area contributed by atoms with Crippen LogP contribution < -0.4 is 10.2 Å². The first-order valence-corrected chi connectivity index (χ1v) is 17.2. The van der Waals surface area contributed by atoms with E-state index >= 15 is 0 Å². The van der Waals surface area contributed by atoms with E-state index in [1.54, 1.807) is 0 Å². The van der Waals surface area contributed by atoms with Crippen LogP contribution in [0.3, 0.4) is 0 Å². The number of halogens is 3. The Balaban J connectivity index is 0.893. The molecular weight excluding hydrogens is 645 g/mol. The standard InChI is InChI=1S/C35H47F3N4O7/c1-33(2)31(44)42(28-6-5-27(23-39)29(19-28)35(36,37)38)32(45)41(33)8-3-4-30(43)40-7-9-46-10-11-47-12-13-48-14-15-49-34-20-24-16-25(21-34)18-26(17-24)22-34/h5-6,19,24-26H,3-4,7-18,20-22H2,1-2H3,(H,40,43). The monoisotopic (exact) mass is 692 g/mol. The van der Waals surface area contributed by atoms with E-state index < -0.39 is 34.8 Å². The number of nitrogens with zero attached hydrogens (tertiary/aromatic N) is 3. The molecular formula is C35H47F3N4O7. The number of nitriles is 1. The van der Waals surface area contributed by atoms with Crippen LogP contribution in [0.4, 0.5) is 23.7 Å². The van der Waals surface area contributed by atoms with Crippen molar-refractivity contribution in [3.8, 4) is 6.07 Å². The third kappa shape index (κ3) is 8.92. The minimum atomic E-state index is -4.84. The SMILES string of the molecule is CC1(C)C(=O)N(c2ccc(C#N)c(C(F)(F)F)c2)C(=O)N1CCCC(=O)NCCOCCOCCOCCOC12CC3CC(CC(C3)C1)C2. The number of amides is 4. The van der Waals surface area contributed by atoms with Crippen molar-refractivity contribution in [2.24, 2.45) is 17.8 Å². The molecule has 0 atom stereocenters. The summed E-state index contributed by atoms with van der Waals surface area (Å²) in [4.78, 5) is 40.5. The van der Waals surface area contributed by atoms with Crippen molar-refractivity contribution < 1.29 is 46.5 Å². The van der Waals surface area contributed by atoms with E-state index in [1.807, 2.05) is 0 Å². The molecule has 4 aliphatic carbocycles. The Morgan fingerprint density at radius 2 is 1.51 bits per heavy atom. The van der Waals surface area contributed by atoms with E-state index in [4.69, 9.17) is 24.2 Å². The molecule has 1 N–H and O–H groups in total. The Kier molecular flexibility index (Phi) is 11.9. The molecule has 4 saturated carbocycles. The molecule has 1 saturated heterocycles. The van der Waals surface area contributed by atoms with Crippen LogP contribution in [0.1, 0.15) is 76.3 Å². The first-order chi connectivity index (χ1) is 23.3. The minimum absolute atomic E-state index is 0.0382. The molecule has 1 heterocycles. The van der Waals surface area contributed by atoms with Gasteiger partial charge in [0, 0.05) is 19.5 Å². The van der Waals surface area contributed by atoms with Crippen molar-refractivity contribution in [3.63, 3.8) is 0 Å². The maximum Gasteiger partial charge on any atom is 0.417 e. The van der Waals surface area contributed by atoms with Crippen LogP contribution in [0.15, 0.2) is 18.2 Å². The van der Waals surface area contributed by atoms with Crippen LogP contribution in [-0.4, -0.2) is 93.2 Å². The highest BCUT2D eigenvalue weighted by molar-refractivity contribution is 6.23. The van der Waals surface area contributed by atoms with E-state index in [0.29, 0.717) is 57.2 Å². The Bertz CT molecular complexity index is 1360. The van der Waals surface area contributed by atoms with Crippen molar-refractivity contribution >= 4 is 23.5 Å². The van der Waals surface area contributed by atoms with Gasteiger partial charge in [0.15, 0.2) is 0 Å². The van der Waals surface area contributed by atoms with Gasteiger partial charge >= 0.3 is 12.2 Å². The van der Waals surface area contributed by atoms with E-state index in [2.05, 4.69) is 5.32 Å². The lowest BCUT2D eigenvalue weighted by atomic mass is 9.54. The molecule has 49 heavy (non-hydrogen) atoms. The smallest absolute Gasteiger partial charge is 0.377 e. The second-order valence-electron chi connectivity index (χ2n) is 14.2. The number of benzene rings is 1. The molecule has 1 aromatic carbocycles. The summed E-state index contributed by atoms with van der Waals surface area (Å²) in [6, 6.07) is 3.39. The number of urea groups is 1. The summed E-state index contributed by atoms with van der Waals surface area (Å²) in [5.41, 5.74) is -3.36. The van der Waals surface area contributed by atoms with Crippen LogP contribution in [0.2, 0.25) is 0 Å². The van der Waals surface area contributed by atoms with E-state index in [9.17, 15) is 27.6 Å². The summed E-state index contributed by atoms with van der Waals surface area (Å²) in [6.07, 6.45) is 3.32. The fourth-order valence-corrected chi connectivity index (χ4v) is 8.26. The quantitative estimate of drug-likeness (QED) is 0.167. The van der Waals surface area contributed by atoms with E-state index in [0.717, 1.165) is 29.9 Å². The third-order valence-corrected chi connectivity index (χ3v) is 10.2. The van der Waals surface area contributed by atoms with Crippen LogP contribution >= 0.6 is 0 Å². The van der Waals surface area contributed by atoms with Crippen LogP contribution in [-0.2, 0) is 34.7 Å². The molecule has 14 heteroatoms. The van der Waals surface area contributed by atoms with E-state index in [1.165, 1.54) is 63.3 Å². The zero-order chi connectivity index (χ0) is 35.2. The fraction of sp³-hybridized carbons (Fsp3) is 0.714. The summed E-state index contributed by atoms with van der Waals surface area (Å²) in [6.45, 7) is 6.50. The Labute approximate surface area is 285 Å². The lowest BCUT2D eigenvalue weighted by molar-refractivity contribution is -0.169. The zero-order valence-electron chi connectivity index (χ0n) is 28.3. The number of hydrogen-bond donors (Lipinski definition) is 1. The number of alkyl halides is 3. The predicted octanol–water partition coefficient (Wildman–Crippen LogP) is 5.06. The zero-order valence-corrected chi connectivity index (χ0v) is 28.3. The molecule has 0 spiro atoms. The summed E-state index contributed by atoms with van der Waals surface area (Å²) in [5, 5.41) is 11.8. The van der Waals surface area contributed by atoms with Crippen molar-refractivity contribution in [1.82, 2.24) is 10.2 Å². The van der Waals surface area contributed by atoms with Crippen molar-refractivity contribution in [1.29, 1.82) is 5.26 Å². The number of rotatable bonds is 18. The lowest BCUT2D eigenvalue weighted by Crippen LogP contribution is -2.52. The van der Waals surface area contributed by atoms with Gasteiger partial charge in [0.25, 0.3) is 5.91 Å². The highest BCUT2D eigenvalue weighted by Crippen LogP contribution is 2.57. The largest absolute Gasteiger partial charge is 0.417 e. The highest BCUT2D eigenvalue weighted by Gasteiger charge is 2.53. The van der Waals surface area contributed by atoms with Gasteiger partial charge in [-0.1, -0.05) is 0 Å². The predicted molar refractivity (Wildman–Crippen MR) is 171 cm³/mol. The normalized spacial score (nSPS) is 25.7. The maximum absolute atomic E-state index is 13.5. The van der Waals surface area contributed by atoms with Gasteiger partial charge in [-0.25, -0.2) is 9.69 Å². The van der Waals surface area contributed by atoms with Gasteiger partial charge in [-0.15, -0.1) is 0 Å². The maximum atomic E-state index is 13.5. The Morgan fingerprint density at radius 3 is 2.08 bits per heavy atom. The average molecular weight is 693 g/mol. The molecule has 6 rings (SSSR count). The molecule has 5 aliphatic rings. The van der Waals surface area contributed by atoms with Crippen molar-refractivity contribution in [3.05, 3.63) is 29.3 Å². The molecule has 5 fully saturated rings. The second kappa shape index (κ2) is 15.7. The lowest BCUT2D eigenvalue weighted by Gasteiger charge is -2.56. The first-order valence-electron chi connectivity index (χ1n) is 17.2. The summed E-state index contributed by atoms with van der Waals surface area (Å²) in [5.74, 6) is 1.62. The number of nitrogens with one attached hydrogen (secondary N) is 1. The van der Waals surface area contributed by atoms with Crippen molar-refractivity contribution in [2.45, 2.75) is 82.5 Å². The minimum Gasteiger partial charge on any atom is -0.377 e. The van der Waals surface area contributed by atoms with Gasteiger partial charge < -0.3 is 29.2 Å². The van der Waals surface area contributed by atoms with Crippen LogP contribution in [0.25, 0.3) is 0 Å². The van der Waals surface area contributed by atoms with Gasteiger partial charge in [0.1, 0.15) is 5.54 Å². The number of carbonyl (C=O) groups excluding carboxylic acids is 3. The number of ether oxygens (including phenoxy) is 4. The summed E-state index contributed by atoms with van der Waals surface area (Å²) < 4.78 is 63.5. The molecule has 1 aliphatic heterocycles. The van der Waals surface area contributed by atoms with E-state index in [-0.39, 0.29) is 43.1 Å². The average Bonchev–Trinajstić information content (AvgIpc) is 3.20. The fourth-order valence-electron chi connectivity index (χ4n) is 8.26. The van der Waals surface area contributed by atoms with Gasteiger partial charge in [-0.2, -0.15) is 18.4 Å². The Hall–Kier alpha value is -3.25. The summed E-state index contributed by atoms with van der Waals surface area (Å²) in [7, 11) is 0. The van der Waals surface area contributed by atoms with Gasteiger partial charge in [-0.05, 0) is 94.7 Å². The van der Waals surface area contributed by atoms with Gasteiger partial charge in [0.05, 0.1) is 74.7 Å². The van der Waals surface area contributed by atoms with Gasteiger partial charge in [-0.3, -0.25) is 9.59 Å². The molecule has 0 radical (unpaired) electrons. The number of imide groups is 1. The molecule has 1 aromatic rings. The third-order valence-electron chi connectivity index (χ3n) is 10.2. The molecule has 4 bridgehead atoms. The number of anilines is 1. The van der Waals surface area contributed by atoms with Crippen LogP contribution in [0, 0.1) is 29.1 Å². The van der Waals surface area contributed by atoms with Crippen molar-refractivity contribution in [2.75, 3.05) is 64.2 Å². The topological polar surface area (TPSA) is 130 Å².